The molecule has 0 aliphatic carbocycles. The fourth-order valence-corrected chi connectivity index (χ4v) is 2.39. The molecule has 2 rings (SSSR count). The van der Waals surface area contributed by atoms with E-state index in [-0.39, 0.29) is 5.54 Å². The Hall–Kier alpha value is -1.80. The second kappa shape index (κ2) is 7.65. The standard InChI is InChI=1S/C13H20N2O.C2HF3O2/c1-13(2)10-14-8-9-15(13)11-4-6-12(16-3)7-5-11;3-2(4,5)1(6)7/h4-7,14H,8-10H2,1-3H3;(H,6,7). The van der Waals surface area contributed by atoms with Crippen LogP contribution in [-0.2, 0) is 4.79 Å². The molecule has 1 saturated heterocycles. The summed E-state index contributed by atoms with van der Waals surface area (Å²) in [6.45, 7) is 7.90. The molecule has 0 amide bonds. The molecule has 1 aromatic carbocycles. The van der Waals surface area contributed by atoms with Crippen LogP contribution in [0.2, 0.25) is 0 Å². The van der Waals surface area contributed by atoms with E-state index in [0.717, 1.165) is 25.4 Å². The van der Waals surface area contributed by atoms with E-state index in [0.29, 0.717) is 0 Å². The number of nitrogens with one attached hydrogen (secondary N) is 2. The predicted molar refractivity (Wildman–Crippen MR) is 76.5 cm³/mol. The summed E-state index contributed by atoms with van der Waals surface area (Å²) in [5.74, 6) is -2.08. The van der Waals surface area contributed by atoms with E-state index in [2.05, 4.69) is 31.3 Å². The van der Waals surface area contributed by atoms with Gasteiger partial charge in [-0.3, -0.25) is 4.90 Å². The minimum atomic E-state index is -5.19. The molecule has 1 aromatic rings. The fourth-order valence-electron chi connectivity index (χ4n) is 2.39. The fraction of sp³-hybridized carbons (Fsp3) is 0.533. The van der Waals surface area contributed by atoms with Gasteiger partial charge in [0, 0.05) is 18.7 Å². The summed E-state index contributed by atoms with van der Waals surface area (Å²) in [6.07, 6.45) is -5.19. The maximum absolute atomic E-state index is 10.5. The first-order chi connectivity index (χ1) is 10.6. The molecule has 0 saturated carbocycles. The number of quaternary nitrogens is 1. The molecule has 1 aliphatic heterocycles. The van der Waals surface area contributed by atoms with Crippen LogP contribution in [0.1, 0.15) is 13.8 Å². The summed E-state index contributed by atoms with van der Waals surface area (Å²) in [7, 11) is 1.70. The Labute approximate surface area is 133 Å². The van der Waals surface area contributed by atoms with E-state index in [9.17, 15) is 13.2 Å². The number of halogens is 3. The predicted octanol–water partition coefficient (Wildman–Crippen LogP) is -0.108. The first-order valence-corrected chi connectivity index (χ1v) is 7.07. The normalized spacial score (nSPS) is 20.2. The van der Waals surface area contributed by atoms with Crippen LogP contribution >= 0.6 is 0 Å². The number of piperazine rings is 1. The van der Waals surface area contributed by atoms with Crippen molar-refractivity contribution in [1.82, 2.24) is 5.32 Å². The number of rotatable bonds is 2. The van der Waals surface area contributed by atoms with Gasteiger partial charge in [0.25, 0.3) is 0 Å². The number of hydrogen-bond acceptors (Lipinski definition) is 4. The number of aliphatic carboxylic acids is 1. The Bertz CT molecular complexity index is 516. The molecule has 5 nitrogen and oxygen atoms in total. The number of carbonyl (C=O) groups excluding carboxylic acids is 1. The lowest BCUT2D eigenvalue weighted by atomic mass is 9.99. The Kier molecular flexibility index (Phi) is 6.40. The van der Waals surface area contributed by atoms with Crippen molar-refractivity contribution in [3.05, 3.63) is 24.3 Å². The Balaban J connectivity index is 0.000000322. The van der Waals surface area contributed by atoms with Gasteiger partial charge >= 0.3 is 6.18 Å². The van der Waals surface area contributed by atoms with Gasteiger partial charge in [0.2, 0.25) is 0 Å². The minimum absolute atomic E-state index is 0.257. The third-order valence-electron chi connectivity index (χ3n) is 3.61. The van der Waals surface area contributed by atoms with Gasteiger partial charge < -0.3 is 20.0 Å². The molecule has 1 atom stereocenters. The molecule has 1 fully saturated rings. The van der Waals surface area contributed by atoms with Crippen LogP contribution in [-0.4, -0.2) is 44.4 Å². The molecular weight excluding hydrogens is 313 g/mol. The largest absolute Gasteiger partial charge is 0.542 e. The van der Waals surface area contributed by atoms with Gasteiger partial charge in [0.1, 0.15) is 22.9 Å². The highest BCUT2D eigenvalue weighted by Gasteiger charge is 2.34. The molecule has 8 heteroatoms. The number of carbonyl (C=O) groups is 1. The van der Waals surface area contributed by atoms with Crippen molar-refractivity contribution >= 4 is 11.7 Å². The molecule has 1 aliphatic rings. The molecule has 0 radical (unpaired) electrons. The number of ether oxygens (including phenoxy) is 1. The summed E-state index contributed by atoms with van der Waals surface area (Å²) < 4.78 is 36.7. The first-order valence-electron chi connectivity index (χ1n) is 7.07. The van der Waals surface area contributed by atoms with Gasteiger partial charge in [0.05, 0.1) is 20.2 Å². The van der Waals surface area contributed by atoms with Crippen LogP contribution in [0, 0.1) is 0 Å². The van der Waals surface area contributed by atoms with E-state index >= 15 is 0 Å². The van der Waals surface area contributed by atoms with E-state index in [1.807, 2.05) is 12.1 Å². The summed E-state index contributed by atoms with van der Waals surface area (Å²) >= 11 is 0. The lowest BCUT2D eigenvalue weighted by Gasteiger charge is -2.39. The number of alkyl halides is 3. The zero-order valence-electron chi connectivity index (χ0n) is 13.3. The van der Waals surface area contributed by atoms with E-state index in [1.165, 1.54) is 5.69 Å². The first kappa shape index (κ1) is 19.2. The van der Waals surface area contributed by atoms with Gasteiger partial charge in [0.15, 0.2) is 0 Å². The second-order valence-corrected chi connectivity index (χ2v) is 5.80. The highest BCUT2D eigenvalue weighted by Crippen LogP contribution is 2.14. The summed E-state index contributed by atoms with van der Waals surface area (Å²) in [4.78, 5) is 10.3. The van der Waals surface area contributed by atoms with Crippen LogP contribution in [0.3, 0.4) is 0 Å². The lowest BCUT2D eigenvalue weighted by molar-refractivity contribution is -0.888. The van der Waals surface area contributed by atoms with Gasteiger partial charge in [-0.05, 0) is 26.0 Å². The monoisotopic (exact) mass is 334 g/mol. The number of benzene rings is 1. The molecule has 1 heterocycles. The zero-order valence-corrected chi connectivity index (χ0v) is 13.3. The van der Waals surface area contributed by atoms with E-state index in [4.69, 9.17) is 14.6 Å². The molecule has 0 spiro atoms. The van der Waals surface area contributed by atoms with Crippen LogP contribution in [0.25, 0.3) is 0 Å². The quantitative estimate of drug-likeness (QED) is 0.792. The van der Waals surface area contributed by atoms with E-state index < -0.39 is 12.1 Å². The van der Waals surface area contributed by atoms with Gasteiger partial charge in [-0.15, -0.1) is 0 Å². The average molecular weight is 334 g/mol. The number of carboxylic acid groups (broad SMARTS) is 1. The van der Waals surface area contributed by atoms with Crippen molar-refractivity contribution in [2.75, 3.05) is 26.7 Å². The maximum Gasteiger partial charge on any atom is 0.430 e. The smallest absolute Gasteiger partial charge is 0.430 e. The van der Waals surface area contributed by atoms with E-state index in [1.54, 1.807) is 12.0 Å². The Morgan fingerprint density at radius 2 is 1.83 bits per heavy atom. The van der Waals surface area contributed by atoms with Crippen LogP contribution in [0.15, 0.2) is 24.3 Å². The molecule has 0 aromatic heterocycles. The number of methoxy groups -OCH3 is 1. The van der Waals surface area contributed by atoms with Crippen molar-refractivity contribution < 1.29 is 32.7 Å². The van der Waals surface area contributed by atoms with Crippen molar-refractivity contribution in [3.63, 3.8) is 0 Å². The van der Waals surface area contributed by atoms with Crippen molar-refractivity contribution in [2.45, 2.75) is 25.6 Å². The molecule has 130 valence electrons. The molecule has 23 heavy (non-hydrogen) atoms. The second-order valence-electron chi connectivity index (χ2n) is 5.80. The van der Waals surface area contributed by atoms with Crippen LogP contribution in [0.4, 0.5) is 18.9 Å². The van der Waals surface area contributed by atoms with Gasteiger partial charge in [-0.2, -0.15) is 13.2 Å². The summed E-state index contributed by atoms with van der Waals surface area (Å²) in [6, 6.07) is 8.42. The average Bonchev–Trinajstić information content (AvgIpc) is 2.47. The topological polar surface area (TPSA) is 65.8 Å². The highest BCUT2D eigenvalue weighted by atomic mass is 19.4. The third kappa shape index (κ3) is 5.72. The Morgan fingerprint density at radius 1 is 1.30 bits per heavy atom. The summed E-state index contributed by atoms with van der Waals surface area (Å²) in [5, 5.41) is 12.2. The van der Waals surface area contributed by atoms with Crippen molar-refractivity contribution in [2.24, 2.45) is 0 Å². The Morgan fingerprint density at radius 3 is 2.22 bits per heavy atom. The number of carboxylic acids is 1. The minimum Gasteiger partial charge on any atom is -0.542 e. The molecule has 2 N–H and O–H groups in total. The highest BCUT2D eigenvalue weighted by molar-refractivity contribution is 5.70. The van der Waals surface area contributed by atoms with Crippen molar-refractivity contribution in [1.29, 1.82) is 0 Å². The summed E-state index contributed by atoms with van der Waals surface area (Å²) in [5.41, 5.74) is 1.61. The third-order valence-corrected chi connectivity index (χ3v) is 3.61. The molecule has 1 unspecified atom stereocenters. The maximum atomic E-state index is 10.5. The van der Waals surface area contributed by atoms with Gasteiger partial charge in [-0.25, -0.2) is 0 Å². The van der Waals surface area contributed by atoms with Crippen molar-refractivity contribution in [3.8, 4) is 5.75 Å². The molecular formula is C15H21F3N2O3. The zero-order chi connectivity index (χ0) is 17.7. The van der Waals surface area contributed by atoms with Crippen LogP contribution in [0.5, 0.6) is 5.75 Å². The number of hydrogen-bond donors (Lipinski definition) is 2. The SMILES string of the molecule is COc1ccc([NH+]2CCNCC2(C)C)cc1.O=C([O-])C(F)(F)F. The van der Waals surface area contributed by atoms with Gasteiger partial charge in [-0.1, -0.05) is 0 Å². The lowest BCUT2D eigenvalue weighted by Crippen LogP contribution is -3.18. The molecule has 0 bridgehead atoms. The van der Waals surface area contributed by atoms with Crippen LogP contribution < -0.4 is 20.1 Å².